The average Bonchev–Trinajstić information content (AvgIpc) is 2.76. The Morgan fingerprint density at radius 1 is 0.833 bits per heavy atom. The molecule has 7 nitrogen and oxygen atoms in total. The van der Waals surface area contributed by atoms with Gasteiger partial charge in [0.2, 0.25) is 5.91 Å². The highest BCUT2D eigenvalue weighted by molar-refractivity contribution is 5.76. The molecule has 1 saturated heterocycles. The summed E-state index contributed by atoms with van der Waals surface area (Å²) >= 11 is 0. The van der Waals surface area contributed by atoms with Crippen LogP contribution in [-0.2, 0) is 28.5 Å². The second-order valence-electron chi connectivity index (χ2n) is 8.21. The lowest BCUT2D eigenvalue weighted by Crippen LogP contribution is -2.65. The Bertz CT molecular complexity index is 449. The molecule has 1 aliphatic heterocycles. The number of amides is 1. The Morgan fingerprint density at radius 2 is 1.40 bits per heavy atom. The van der Waals surface area contributed by atoms with Crippen molar-refractivity contribution in [1.29, 1.82) is 0 Å². The summed E-state index contributed by atoms with van der Waals surface area (Å²) in [4.78, 5) is 14.6. The quantitative estimate of drug-likeness (QED) is 0.347. The molecule has 1 unspecified atom stereocenters. The van der Waals surface area contributed by atoms with E-state index in [1.807, 2.05) is 0 Å². The molecule has 0 saturated carbocycles. The van der Waals surface area contributed by atoms with Crippen LogP contribution in [0.2, 0.25) is 0 Å². The van der Waals surface area contributed by atoms with Gasteiger partial charge in [-0.15, -0.1) is 0 Å². The SMILES string of the molecule is CCCCCCCCCCCC(=O)N(C)[C@H]1C(OC)O[C@H](COC)[C@@H](OC)[C@@H]1OC. The molecular weight excluding hydrogens is 386 g/mol. The third-order valence-corrected chi connectivity index (χ3v) is 6.06. The number of hydrogen-bond acceptors (Lipinski definition) is 6. The zero-order valence-corrected chi connectivity index (χ0v) is 20.1. The van der Waals surface area contributed by atoms with Crippen LogP contribution < -0.4 is 0 Å². The summed E-state index contributed by atoms with van der Waals surface area (Å²) < 4.78 is 28.3. The summed E-state index contributed by atoms with van der Waals surface area (Å²) in [6.07, 6.45) is 9.93. The molecule has 178 valence electrons. The number of rotatable bonds is 16. The lowest BCUT2D eigenvalue weighted by molar-refractivity contribution is -0.285. The fourth-order valence-corrected chi connectivity index (χ4v) is 4.28. The minimum absolute atomic E-state index is 0.0793. The molecule has 1 fully saturated rings. The molecule has 0 aromatic carbocycles. The molecule has 1 amide bonds. The first-order chi connectivity index (χ1) is 14.5. The number of unbranched alkanes of at least 4 members (excludes halogenated alkanes) is 8. The number of nitrogens with zero attached hydrogens (tertiary/aromatic N) is 1. The fraction of sp³-hybridized carbons (Fsp3) is 0.957. The molecule has 0 bridgehead atoms. The highest BCUT2D eigenvalue weighted by atomic mass is 16.7. The van der Waals surface area contributed by atoms with E-state index >= 15 is 0 Å². The first-order valence-electron chi connectivity index (χ1n) is 11.5. The molecule has 0 aromatic heterocycles. The van der Waals surface area contributed by atoms with Crippen LogP contribution in [0.25, 0.3) is 0 Å². The van der Waals surface area contributed by atoms with Crippen molar-refractivity contribution >= 4 is 5.91 Å². The van der Waals surface area contributed by atoms with Crippen LogP contribution in [0.15, 0.2) is 0 Å². The van der Waals surface area contributed by atoms with Crippen molar-refractivity contribution in [2.24, 2.45) is 0 Å². The van der Waals surface area contributed by atoms with Crippen molar-refractivity contribution in [3.63, 3.8) is 0 Å². The topological polar surface area (TPSA) is 66.5 Å². The van der Waals surface area contributed by atoms with Gasteiger partial charge in [0.05, 0.1) is 6.61 Å². The summed E-state index contributed by atoms with van der Waals surface area (Å²) in [7, 11) is 8.25. The van der Waals surface area contributed by atoms with Gasteiger partial charge in [0.1, 0.15) is 24.4 Å². The number of methoxy groups -OCH3 is 4. The average molecular weight is 432 g/mol. The molecule has 7 heteroatoms. The maximum atomic E-state index is 12.9. The van der Waals surface area contributed by atoms with Crippen molar-refractivity contribution in [3.8, 4) is 0 Å². The Labute approximate surface area is 183 Å². The van der Waals surface area contributed by atoms with Crippen LogP contribution in [0.3, 0.4) is 0 Å². The minimum Gasteiger partial charge on any atom is -0.382 e. The van der Waals surface area contributed by atoms with Crippen molar-refractivity contribution in [3.05, 3.63) is 0 Å². The molecule has 5 atom stereocenters. The van der Waals surface area contributed by atoms with E-state index in [0.29, 0.717) is 13.0 Å². The summed E-state index contributed by atoms with van der Waals surface area (Å²) in [5.74, 6) is 0.0793. The van der Waals surface area contributed by atoms with Gasteiger partial charge < -0.3 is 28.6 Å². The molecule has 1 aliphatic rings. The maximum Gasteiger partial charge on any atom is 0.222 e. The van der Waals surface area contributed by atoms with Gasteiger partial charge in [-0.3, -0.25) is 4.79 Å². The number of hydrogen-bond donors (Lipinski definition) is 0. The third kappa shape index (κ3) is 8.42. The van der Waals surface area contributed by atoms with E-state index in [-0.39, 0.29) is 30.3 Å². The summed E-state index contributed by atoms with van der Waals surface area (Å²) in [5, 5.41) is 0. The molecule has 30 heavy (non-hydrogen) atoms. The van der Waals surface area contributed by atoms with Crippen molar-refractivity contribution in [2.45, 2.75) is 102 Å². The number of carbonyl (C=O) groups is 1. The standard InChI is InChI=1S/C23H45NO6/c1-7-8-9-10-11-12-13-14-15-16-19(25)24(2)20-22(28-5)21(27-4)18(17-26-3)30-23(20)29-6/h18,20-23H,7-17H2,1-6H3/t18-,20-,21-,22-,23?/m1/s1. The Balaban J connectivity index is 2.53. The van der Waals surface area contributed by atoms with Gasteiger partial charge in [0.15, 0.2) is 6.29 Å². The summed E-state index contributed by atoms with van der Waals surface area (Å²) in [6.45, 7) is 2.60. The molecule has 1 heterocycles. The van der Waals surface area contributed by atoms with Gasteiger partial charge >= 0.3 is 0 Å². The van der Waals surface area contributed by atoms with Crippen molar-refractivity contribution in [2.75, 3.05) is 42.1 Å². The highest BCUT2D eigenvalue weighted by Crippen LogP contribution is 2.29. The number of carbonyl (C=O) groups excluding carboxylic acids is 1. The van der Waals surface area contributed by atoms with E-state index in [1.54, 1.807) is 40.4 Å². The summed E-state index contributed by atoms with van der Waals surface area (Å²) in [5.41, 5.74) is 0. The van der Waals surface area contributed by atoms with E-state index in [1.165, 1.54) is 44.9 Å². The third-order valence-electron chi connectivity index (χ3n) is 6.06. The van der Waals surface area contributed by atoms with Gasteiger partial charge in [-0.1, -0.05) is 58.3 Å². The zero-order chi connectivity index (χ0) is 22.4. The van der Waals surface area contributed by atoms with Crippen LogP contribution in [0, 0.1) is 0 Å². The van der Waals surface area contributed by atoms with E-state index in [2.05, 4.69) is 6.92 Å². The van der Waals surface area contributed by atoms with E-state index in [4.69, 9.17) is 23.7 Å². The first-order valence-corrected chi connectivity index (χ1v) is 11.5. The maximum absolute atomic E-state index is 12.9. The molecule has 0 radical (unpaired) electrons. The number of likely N-dealkylation sites (N-methyl/N-ethyl adjacent to an activating group) is 1. The van der Waals surface area contributed by atoms with Gasteiger partial charge in [-0.05, 0) is 6.42 Å². The lowest BCUT2D eigenvalue weighted by atomic mass is 9.95. The first kappa shape index (κ1) is 27.3. The lowest BCUT2D eigenvalue weighted by Gasteiger charge is -2.47. The zero-order valence-electron chi connectivity index (χ0n) is 20.1. The molecule has 0 N–H and O–H groups in total. The van der Waals surface area contributed by atoms with Crippen LogP contribution in [0.4, 0.5) is 0 Å². The molecule has 0 aliphatic carbocycles. The van der Waals surface area contributed by atoms with Crippen LogP contribution in [0.5, 0.6) is 0 Å². The molecule has 0 spiro atoms. The van der Waals surface area contributed by atoms with Crippen LogP contribution >= 0.6 is 0 Å². The summed E-state index contributed by atoms with van der Waals surface area (Å²) in [6, 6.07) is -0.385. The molecular formula is C23H45NO6. The second kappa shape index (κ2) is 16.0. The van der Waals surface area contributed by atoms with Crippen molar-refractivity contribution in [1.82, 2.24) is 4.90 Å². The van der Waals surface area contributed by atoms with E-state index in [0.717, 1.165) is 12.8 Å². The molecule has 1 rings (SSSR count). The normalized spacial score (nSPS) is 26.7. The smallest absolute Gasteiger partial charge is 0.222 e. The van der Waals surface area contributed by atoms with Crippen LogP contribution in [0.1, 0.15) is 71.1 Å². The second-order valence-corrected chi connectivity index (χ2v) is 8.21. The highest BCUT2D eigenvalue weighted by Gasteiger charge is 2.49. The monoisotopic (exact) mass is 431 g/mol. The van der Waals surface area contributed by atoms with Gasteiger partial charge in [-0.25, -0.2) is 0 Å². The Morgan fingerprint density at radius 3 is 1.90 bits per heavy atom. The Kier molecular flexibility index (Phi) is 14.5. The van der Waals surface area contributed by atoms with Gasteiger partial charge in [-0.2, -0.15) is 0 Å². The van der Waals surface area contributed by atoms with Gasteiger partial charge in [0.25, 0.3) is 0 Å². The molecule has 0 aromatic rings. The predicted octanol–water partition coefficient (Wildman–Crippen LogP) is 3.78. The van der Waals surface area contributed by atoms with Crippen LogP contribution in [-0.4, -0.2) is 83.5 Å². The van der Waals surface area contributed by atoms with Gasteiger partial charge in [0, 0.05) is 41.9 Å². The predicted molar refractivity (Wildman–Crippen MR) is 118 cm³/mol. The Hall–Kier alpha value is -0.730. The minimum atomic E-state index is -0.599. The largest absolute Gasteiger partial charge is 0.382 e. The fourth-order valence-electron chi connectivity index (χ4n) is 4.28. The van der Waals surface area contributed by atoms with Crippen molar-refractivity contribution < 1.29 is 28.5 Å². The number of ether oxygens (including phenoxy) is 5. The van der Waals surface area contributed by atoms with E-state index < -0.39 is 6.29 Å². The van der Waals surface area contributed by atoms with E-state index in [9.17, 15) is 4.79 Å².